The summed E-state index contributed by atoms with van der Waals surface area (Å²) in [6, 6.07) is 7.26. The van der Waals surface area contributed by atoms with E-state index in [-0.39, 0.29) is 0 Å². The quantitative estimate of drug-likeness (QED) is 0.734. The van der Waals surface area contributed by atoms with Crippen molar-refractivity contribution in [1.82, 2.24) is 5.32 Å². The zero-order valence-electron chi connectivity index (χ0n) is 8.13. The van der Waals surface area contributed by atoms with Gasteiger partial charge >= 0.3 is 0 Å². The predicted molar refractivity (Wildman–Crippen MR) is 58.5 cm³/mol. The molecule has 1 aliphatic heterocycles. The summed E-state index contributed by atoms with van der Waals surface area (Å²) in [5, 5.41) is 3.34. The van der Waals surface area contributed by atoms with Crippen molar-refractivity contribution in [3.05, 3.63) is 29.3 Å². The molecule has 70 valence electrons. The summed E-state index contributed by atoms with van der Waals surface area (Å²) in [6.45, 7) is 2.20. The molecular formula is C11H15NS. The Morgan fingerprint density at radius 1 is 1.46 bits per heavy atom. The molecule has 2 rings (SSSR count). The molecule has 1 atom stereocenters. The highest BCUT2D eigenvalue weighted by molar-refractivity contribution is 7.99. The Bertz CT molecular complexity index is 309. The van der Waals surface area contributed by atoms with E-state index >= 15 is 0 Å². The van der Waals surface area contributed by atoms with Gasteiger partial charge in [-0.25, -0.2) is 0 Å². The number of rotatable bonds is 1. The van der Waals surface area contributed by atoms with Gasteiger partial charge in [-0.3, -0.25) is 0 Å². The summed E-state index contributed by atoms with van der Waals surface area (Å²) >= 11 is 1.99. The third-order valence-electron chi connectivity index (χ3n) is 2.60. The summed E-state index contributed by atoms with van der Waals surface area (Å²) < 4.78 is 0. The summed E-state index contributed by atoms with van der Waals surface area (Å²) in [6.07, 6.45) is 1.18. The second kappa shape index (κ2) is 3.72. The molecular weight excluding hydrogens is 178 g/mol. The fourth-order valence-electron chi connectivity index (χ4n) is 1.77. The first kappa shape index (κ1) is 9.10. The molecule has 0 aliphatic carbocycles. The highest BCUT2D eigenvalue weighted by Gasteiger charge is 2.18. The molecule has 1 aromatic rings. The minimum atomic E-state index is 0.652. The summed E-state index contributed by atoms with van der Waals surface area (Å²) in [4.78, 5) is 1.51. The Morgan fingerprint density at radius 2 is 2.31 bits per heavy atom. The highest BCUT2D eigenvalue weighted by atomic mass is 32.2. The van der Waals surface area contributed by atoms with Crippen LogP contribution in [0, 0.1) is 6.92 Å². The largest absolute Gasteiger partial charge is 0.316 e. The van der Waals surface area contributed by atoms with Gasteiger partial charge in [-0.1, -0.05) is 18.2 Å². The van der Waals surface area contributed by atoms with Gasteiger partial charge in [0.25, 0.3) is 0 Å². The van der Waals surface area contributed by atoms with Gasteiger partial charge in [0.05, 0.1) is 0 Å². The molecule has 1 heterocycles. The van der Waals surface area contributed by atoms with Gasteiger partial charge in [-0.2, -0.15) is 0 Å². The van der Waals surface area contributed by atoms with Crippen LogP contribution >= 0.6 is 11.8 Å². The number of likely N-dealkylation sites (N-methyl/N-ethyl adjacent to an activating group) is 1. The number of benzene rings is 1. The topological polar surface area (TPSA) is 12.0 Å². The molecule has 1 unspecified atom stereocenters. The Labute approximate surface area is 83.9 Å². The first-order chi connectivity index (χ1) is 6.31. The van der Waals surface area contributed by atoms with E-state index < -0.39 is 0 Å². The van der Waals surface area contributed by atoms with Crippen LogP contribution in [-0.2, 0) is 6.42 Å². The van der Waals surface area contributed by atoms with Crippen molar-refractivity contribution >= 4 is 11.8 Å². The van der Waals surface area contributed by atoms with Gasteiger partial charge in [-0.05, 0) is 31.5 Å². The van der Waals surface area contributed by atoms with Crippen molar-refractivity contribution in [3.8, 4) is 0 Å². The van der Waals surface area contributed by atoms with E-state index in [9.17, 15) is 0 Å². The molecule has 1 nitrogen and oxygen atoms in total. The molecule has 0 aromatic heterocycles. The second-order valence-electron chi connectivity index (χ2n) is 3.56. The van der Waals surface area contributed by atoms with Crippen LogP contribution in [-0.4, -0.2) is 18.8 Å². The number of thioether (sulfide) groups is 1. The van der Waals surface area contributed by atoms with E-state index in [0.717, 1.165) is 0 Å². The molecule has 13 heavy (non-hydrogen) atoms. The first-order valence-electron chi connectivity index (χ1n) is 4.70. The van der Waals surface area contributed by atoms with E-state index in [1.807, 2.05) is 18.8 Å². The normalized spacial score (nSPS) is 21.2. The maximum Gasteiger partial charge on any atom is 0.0199 e. The Hall–Kier alpha value is -0.470. The summed E-state index contributed by atoms with van der Waals surface area (Å²) in [7, 11) is 2.05. The second-order valence-corrected chi connectivity index (χ2v) is 4.59. The molecule has 1 aromatic carbocycles. The maximum atomic E-state index is 3.34. The lowest BCUT2D eigenvalue weighted by molar-refractivity contribution is 0.604. The fourth-order valence-corrected chi connectivity index (χ4v) is 3.06. The average molecular weight is 193 g/mol. The van der Waals surface area contributed by atoms with Crippen LogP contribution in [0.1, 0.15) is 11.1 Å². The van der Waals surface area contributed by atoms with E-state index in [1.54, 1.807) is 0 Å². The van der Waals surface area contributed by atoms with Crippen molar-refractivity contribution < 1.29 is 0 Å². The Balaban J connectivity index is 2.31. The van der Waals surface area contributed by atoms with Crippen molar-refractivity contribution in [1.29, 1.82) is 0 Å². The first-order valence-corrected chi connectivity index (χ1v) is 5.68. The third kappa shape index (κ3) is 1.74. The molecule has 0 bridgehead atoms. The monoisotopic (exact) mass is 193 g/mol. The standard InChI is InChI=1S/C11H15NS/c1-8-4-3-5-9-6-10(12-2)7-13-11(8)9/h3-5,10,12H,6-7H2,1-2H3. The van der Waals surface area contributed by atoms with Crippen molar-refractivity contribution in [2.45, 2.75) is 24.3 Å². The third-order valence-corrected chi connectivity index (χ3v) is 4.04. The smallest absolute Gasteiger partial charge is 0.0199 e. The van der Waals surface area contributed by atoms with Crippen LogP contribution in [0.4, 0.5) is 0 Å². The van der Waals surface area contributed by atoms with E-state index in [2.05, 4.69) is 30.4 Å². The Kier molecular flexibility index (Phi) is 2.61. The van der Waals surface area contributed by atoms with Crippen LogP contribution in [0.25, 0.3) is 0 Å². The number of hydrogen-bond acceptors (Lipinski definition) is 2. The minimum Gasteiger partial charge on any atom is -0.316 e. The molecule has 0 saturated heterocycles. The lowest BCUT2D eigenvalue weighted by Crippen LogP contribution is -2.32. The summed E-state index contributed by atoms with van der Waals surface area (Å²) in [5.74, 6) is 1.20. The molecule has 1 N–H and O–H groups in total. The molecule has 0 fully saturated rings. The lowest BCUT2D eigenvalue weighted by Gasteiger charge is -2.24. The zero-order chi connectivity index (χ0) is 9.26. The maximum absolute atomic E-state index is 3.34. The van der Waals surface area contributed by atoms with Crippen molar-refractivity contribution in [3.63, 3.8) is 0 Å². The van der Waals surface area contributed by atoms with Crippen LogP contribution < -0.4 is 5.32 Å². The van der Waals surface area contributed by atoms with Crippen molar-refractivity contribution in [2.75, 3.05) is 12.8 Å². The van der Waals surface area contributed by atoms with Gasteiger partial charge in [0.1, 0.15) is 0 Å². The molecule has 0 radical (unpaired) electrons. The SMILES string of the molecule is CNC1CSc2c(C)cccc2C1. The number of nitrogens with one attached hydrogen (secondary N) is 1. The molecule has 2 heteroatoms. The van der Waals surface area contributed by atoms with Crippen LogP contribution in [0.3, 0.4) is 0 Å². The molecule has 1 aliphatic rings. The summed E-state index contributed by atoms with van der Waals surface area (Å²) in [5.41, 5.74) is 2.94. The lowest BCUT2D eigenvalue weighted by atomic mass is 10.0. The molecule has 0 saturated carbocycles. The van der Waals surface area contributed by atoms with Gasteiger partial charge in [0.15, 0.2) is 0 Å². The fraction of sp³-hybridized carbons (Fsp3) is 0.455. The highest BCUT2D eigenvalue weighted by Crippen LogP contribution is 2.32. The van der Waals surface area contributed by atoms with E-state index in [1.165, 1.54) is 28.2 Å². The van der Waals surface area contributed by atoms with Gasteiger partial charge in [0.2, 0.25) is 0 Å². The van der Waals surface area contributed by atoms with Crippen LogP contribution in [0.15, 0.2) is 23.1 Å². The minimum absolute atomic E-state index is 0.652. The number of aryl methyl sites for hydroxylation is 1. The Morgan fingerprint density at radius 3 is 3.08 bits per heavy atom. The van der Waals surface area contributed by atoms with Crippen LogP contribution in [0.5, 0.6) is 0 Å². The predicted octanol–water partition coefficient (Wildman–Crippen LogP) is 2.23. The van der Waals surface area contributed by atoms with Gasteiger partial charge < -0.3 is 5.32 Å². The van der Waals surface area contributed by atoms with E-state index in [4.69, 9.17) is 0 Å². The number of fused-ring (bicyclic) bond motifs is 1. The molecule has 0 amide bonds. The van der Waals surface area contributed by atoms with Crippen LogP contribution in [0.2, 0.25) is 0 Å². The van der Waals surface area contributed by atoms with Crippen molar-refractivity contribution in [2.24, 2.45) is 0 Å². The zero-order valence-corrected chi connectivity index (χ0v) is 8.95. The average Bonchev–Trinajstić information content (AvgIpc) is 2.18. The van der Waals surface area contributed by atoms with E-state index in [0.29, 0.717) is 6.04 Å². The number of hydrogen-bond donors (Lipinski definition) is 1. The van der Waals surface area contributed by atoms with Gasteiger partial charge in [-0.15, -0.1) is 11.8 Å². The molecule has 0 spiro atoms. The van der Waals surface area contributed by atoms with Gasteiger partial charge in [0, 0.05) is 16.7 Å².